The van der Waals surface area contributed by atoms with Crippen molar-refractivity contribution >= 4 is 11.5 Å². The Morgan fingerprint density at radius 3 is 2.56 bits per heavy atom. The van der Waals surface area contributed by atoms with Crippen LogP contribution in [-0.4, -0.2) is 55.6 Å². The molecule has 1 fully saturated rings. The minimum absolute atomic E-state index is 0.0650. The lowest BCUT2D eigenvalue weighted by molar-refractivity contribution is -0.122. The van der Waals surface area contributed by atoms with Gasteiger partial charge in [0.2, 0.25) is 0 Å². The molecule has 1 aromatic carbocycles. The Labute approximate surface area is 202 Å². The van der Waals surface area contributed by atoms with Crippen LogP contribution in [0, 0.1) is 0 Å². The Balaban J connectivity index is 1.57. The maximum atomic E-state index is 13.4. The van der Waals surface area contributed by atoms with Crippen LogP contribution in [0.2, 0.25) is 0 Å². The molecule has 1 saturated heterocycles. The largest absolute Gasteiger partial charge is 0.493 e. The molecule has 0 saturated carbocycles. The number of ether oxygens (including phenoxy) is 2. The first kappa shape index (κ1) is 23.9. The van der Waals surface area contributed by atoms with Crippen LogP contribution in [-0.2, 0) is 4.79 Å². The van der Waals surface area contributed by atoms with Gasteiger partial charge in [-0.05, 0) is 73.7 Å². The van der Waals surface area contributed by atoms with Crippen molar-refractivity contribution in [3.8, 4) is 11.5 Å². The fraction of sp³-hybridized carbons (Fsp3) is 0.393. The van der Waals surface area contributed by atoms with E-state index >= 15 is 0 Å². The van der Waals surface area contributed by atoms with Gasteiger partial charge >= 0.3 is 0 Å². The van der Waals surface area contributed by atoms with Crippen molar-refractivity contribution in [2.45, 2.75) is 39.2 Å². The van der Waals surface area contributed by atoms with E-state index in [0.717, 1.165) is 67.0 Å². The molecular weight excluding hydrogens is 426 g/mol. The van der Waals surface area contributed by atoms with E-state index < -0.39 is 0 Å². The number of carbonyl (C=O) groups is 1. The van der Waals surface area contributed by atoms with Crippen LogP contribution in [0.1, 0.15) is 38.7 Å². The molecule has 3 heterocycles. The zero-order chi connectivity index (χ0) is 24.1. The van der Waals surface area contributed by atoms with E-state index in [4.69, 9.17) is 9.47 Å². The predicted octanol–water partition coefficient (Wildman–Crippen LogP) is 4.63. The third kappa shape index (κ3) is 5.12. The fourth-order valence-corrected chi connectivity index (χ4v) is 4.67. The van der Waals surface area contributed by atoms with Crippen molar-refractivity contribution in [3.05, 3.63) is 77.3 Å². The van der Waals surface area contributed by atoms with Crippen LogP contribution in [0.15, 0.2) is 71.7 Å². The summed E-state index contributed by atoms with van der Waals surface area (Å²) in [4.78, 5) is 17.6. The van der Waals surface area contributed by atoms with Gasteiger partial charge in [-0.2, -0.15) is 0 Å². The van der Waals surface area contributed by atoms with Crippen molar-refractivity contribution in [1.29, 1.82) is 0 Å². The van der Waals surface area contributed by atoms with E-state index in [1.54, 1.807) is 25.2 Å². The summed E-state index contributed by atoms with van der Waals surface area (Å²) in [6.45, 7) is 7.33. The zero-order valence-corrected chi connectivity index (χ0v) is 20.6. The molecular formula is C28H35N3O3. The Bertz CT molecular complexity index is 1070. The average molecular weight is 462 g/mol. The summed E-state index contributed by atoms with van der Waals surface area (Å²) in [7, 11) is 3.23. The Kier molecular flexibility index (Phi) is 7.58. The number of rotatable bonds is 7. The molecule has 180 valence electrons. The standard InChI is InChI=1S/C28H35N3O3/c1-5-13-29-23-11-14-30(15-12-23)24-16-20(2)25-8-6-7-21(18-28(32)31(25)19-24)22-9-10-26(33-3)27(17-22)34-4/h6-10,16-19,23,29H,5,11-15H2,1-4H3/b7-6+,21-18+,25-8?. The number of hydrogen-bond donors (Lipinski definition) is 1. The van der Waals surface area contributed by atoms with Crippen molar-refractivity contribution in [1.82, 2.24) is 15.1 Å². The van der Waals surface area contributed by atoms with E-state index in [1.165, 1.54) is 0 Å². The highest BCUT2D eigenvalue weighted by Gasteiger charge is 2.26. The minimum atomic E-state index is -0.0650. The molecule has 3 aliphatic heterocycles. The van der Waals surface area contributed by atoms with Gasteiger partial charge in [-0.1, -0.05) is 25.1 Å². The van der Waals surface area contributed by atoms with Gasteiger partial charge in [0.25, 0.3) is 5.91 Å². The molecule has 3 aliphatic rings. The van der Waals surface area contributed by atoms with Gasteiger partial charge in [-0.25, -0.2) is 0 Å². The first-order valence-corrected chi connectivity index (χ1v) is 12.1. The number of nitrogens with zero attached hydrogens (tertiary/aromatic N) is 2. The molecule has 6 heteroatoms. The smallest absolute Gasteiger partial charge is 0.255 e. The molecule has 6 nitrogen and oxygen atoms in total. The Morgan fingerprint density at radius 1 is 1.09 bits per heavy atom. The summed E-state index contributed by atoms with van der Waals surface area (Å²) in [6, 6.07) is 6.28. The quantitative estimate of drug-likeness (QED) is 0.641. The molecule has 0 radical (unpaired) electrons. The highest BCUT2D eigenvalue weighted by molar-refractivity contribution is 6.00. The molecule has 0 aromatic heterocycles. The fourth-order valence-electron chi connectivity index (χ4n) is 4.67. The number of piperidine rings is 1. The minimum Gasteiger partial charge on any atom is -0.493 e. The summed E-state index contributed by atoms with van der Waals surface area (Å²) < 4.78 is 10.8. The molecule has 1 amide bonds. The van der Waals surface area contributed by atoms with Gasteiger partial charge in [0.15, 0.2) is 11.5 Å². The molecule has 1 N–H and O–H groups in total. The Hall–Kier alpha value is -3.25. The van der Waals surface area contributed by atoms with Gasteiger partial charge in [0.1, 0.15) is 0 Å². The number of amides is 1. The molecule has 1 aromatic rings. The van der Waals surface area contributed by atoms with Gasteiger partial charge < -0.3 is 19.7 Å². The molecule has 34 heavy (non-hydrogen) atoms. The lowest BCUT2D eigenvalue weighted by atomic mass is 9.99. The topological polar surface area (TPSA) is 54.0 Å². The number of nitrogens with one attached hydrogen (secondary N) is 1. The summed E-state index contributed by atoms with van der Waals surface area (Å²) in [5.74, 6) is 1.23. The highest BCUT2D eigenvalue weighted by atomic mass is 16.5. The summed E-state index contributed by atoms with van der Waals surface area (Å²) >= 11 is 0. The van der Waals surface area contributed by atoms with Crippen molar-refractivity contribution in [2.24, 2.45) is 0 Å². The lowest BCUT2D eigenvalue weighted by Gasteiger charge is -2.37. The molecule has 4 rings (SSSR count). The normalized spacial score (nSPS) is 21.4. The monoisotopic (exact) mass is 461 g/mol. The maximum Gasteiger partial charge on any atom is 0.255 e. The number of carbonyl (C=O) groups excluding carboxylic acids is 1. The summed E-state index contributed by atoms with van der Waals surface area (Å²) in [5, 5.41) is 3.64. The van der Waals surface area contributed by atoms with E-state index in [1.807, 2.05) is 42.6 Å². The second-order valence-electron chi connectivity index (χ2n) is 8.89. The van der Waals surface area contributed by atoms with Gasteiger partial charge in [-0.3, -0.25) is 9.69 Å². The first-order valence-electron chi connectivity index (χ1n) is 12.1. The third-order valence-corrected chi connectivity index (χ3v) is 6.60. The van der Waals surface area contributed by atoms with Crippen LogP contribution in [0.4, 0.5) is 0 Å². The first-order chi connectivity index (χ1) is 16.5. The molecule has 0 bridgehead atoms. The van der Waals surface area contributed by atoms with Crippen LogP contribution in [0.5, 0.6) is 11.5 Å². The number of benzene rings is 1. The predicted molar refractivity (Wildman–Crippen MR) is 136 cm³/mol. The van der Waals surface area contributed by atoms with Crippen LogP contribution in [0.25, 0.3) is 5.57 Å². The number of likely N-dealkylation sites (tertiary alicyclic amines) is 1. The van der Waals surface area contributed by atoms with Gasteiger partial charge in [0.05, 0.1) is 25.6 Å². The maximum absolute atomic E-state index is 13.4. The van der Waals surface area contributed by atoms with Crippen molar-refractivity contribution < 1.29 is 14.3 Å². The van der Waals surface area contributed by atoms with E-state index in [9.17, 15) is 4.79 Å². The van der Waals surface area contributed by atoms with Crippen molar-refractivity contribution in [2.75, 3.05) is 33.9 Å². The van der Waals surface area contributed by atoms with Gasteiger partial charge in [0, 0.05) is 31.4 Å². The Morgan fingerprint density at radius 2 is 1.85 bits per heavy atom. The second kappa shape index (κ2) is 10.8. The second-order valence-corrected chi connectivity index (χ2v) is 8.89. The molecule has 0 aliphatic carbocycles. The third-order valence-electron chi connectivity index (χ3n) is 6.60. The zero-order valence-electron chi connectivity index (χ0n) is 20.6. The number of allylic oxidation sites excluding steroid dienone is 6. The summed E-state index contributed by atoms with van der Waals surface area (Å²) in [6.07, 6.45) is 15.2. The van der Waals surface area contributed by atoms with Crippen LogP contribution in [0.3, 0.4) is 0 Å². The summed E-state index contributed by atoms with van der Waals surface area (Å²) in [5.41, 5.74) is 4.82. The average Bonchev–Trinajstić information content (AvgIpc) is 2.86. The van der Waals surface area contributed by atoms with Gasteiger partial charge in [-0.15, -0.1) is 0 Å². The van der Waals surface area contributed by atoms with Crippen LogP contribution >= 0.6 is 0 Å². The molecule has 0 atom stereocenters. The molecule has 0 spiro atoms. The van der Waals surface area contributed by atoms with Crippen LogP contribution < -0.4 is 14.8 Å². The number of hydrogen-bond acceptors (Lipinski definition) is 5. The highest BCUT2D eigenvalue weighted by Crippen LogP contribution is 2.33. The van der Waals surface area contributed by atoms with E-state index in [-0.39, 0.29) is 5.91 Å². The van der Waals surface area contributed by atoms with Crippen molar-refractivity contribution in [3.63, 3.8) is 0 Å². The number of methoxy groups -OCH3 is 2. The number of fused-ring (bicyclic) bond motifs is 1. The lowest BCUT2D eigenvalue weighted by Crippen LogP contribution is -2.43. The SMILES string of the molecule is CCCNC1CCN(C2=CN3C(=O)/C=C(c4ccc(OC)c(OC)c4)\C=C\C=C3C(C)=C2)CC1. The van der Waals surface area contributed by atoms with E-state index in [0.29, 0.717) is 17.5 Å². The molecule has 0 unspecified atom stereocenters. The van der Waals surface area contributed by atoms with E-state index in [2.05, 4.69) is 30.1 Å².